The van der Waals surface area contributed by atoms with Crippen molar-refractivity contribution < 1.29 is 4.74 Å². The van der Waals surface area contributed by atoms with E-state index >= 15 is 0 Å². The van der Waals surface area contributed by atoms with E-state index in [0.717, 1.165) is 25.3 Å². The molecule has 0 radical (unpaired) electrons. The molecular weight excluding hydrogens is 268 g/mol. The molecule has 0 aliphatic carbocycles. The molecule has 1 fully saturated rings. The summed E-state index contributed by atoms with van der Waals surface area (Å²) in [6.45, 7) is 5.92. The number of aromatic nitrogens is 4. The molecule has 0 amide bonds. The molecule has 0 spiro atoms. The lowest BCUT2D eigenvalue weighted by Gasteiger charge is -2.18. The van der Waals surface area contributed by atoms with Gasteiger partial charge in [-0.2, -0.15) is 15.1 Å². The summed E-state index contributed by atoms with van der Waals surface area (Å²) in [4.78, 5) is 10.7. The van der Waals surface area contributed by atoms with Gasteiger partial charge in [0.25, 0.3) is 0 Å². The van der Waals surface area contributed by atoms with E-state index in [4.69, 9.17) is 10.5 Å². The second-order valence-corrected chi connectivity index (χ2v) is 4.87. The first-order valence-electron chi connectivity index (χ1n) is 6.88. The molecule has 3 heterocycles. The lowest BCUT2D eigenvalue weighted by molar-refractivity contribution is 0.0909. The zero-order valence-corrected chi connectivity index (χ0v) is 11.7. The highest BCUT2D eigenvalue weighted by Crippen LogP contribution is 2.22. The van der Waals surface area contributed by atoms with Crippen molar-refractivity contribution in [3.63, 3.8) is 0 Å². The SMILES string of the molecule is C=CCOC1CCN(c2cc(-n3cccn3)nc(N)n2)C1. The third-order valence-electron chi connectivity index (χ3n) is 3.37. The van der Waals surface area contributed by atoms with Crippen LogP contribution in [0.2, 0.25) is 0 Å². The second kappa shape index (κ2) is 5.92. The fourth-order valence-electron chi connectivity index (χ4n) is 2.40. The number of anilines is 2. The maximum Gasteiger partial charge on any atom is 0.224 e. The van der Waals surface area contributed by atoms with Gasteiger partial charge in [0.05, 0.1) is 12.7 Å². The van der Waals surface area contributed by atoms with Crippen molar-refractivity contribution in [2.45, 2.75) is 12.5 Å². The number of nitrogens with zero attached hydrogens (tertiary/aromatic N) is 5. The summed E-state index contributed by atoms with van der Waals surface area (Å²) in [5.74, 6) is 1.71. The maximum absolute atomic E-state index is 5.81. The molecule has 0 aromatic carbocycles. The summed E-state index contributed by atoms with van der Waals surface area (Å²) in [6.07, 6.45) is 6.46. The molecule has 0 saturated carbocycles. The van der Waals surface area contributed by atoms with Crippen LogP contribution in [0.3, 0.4) is 0 Å². The molecule has 1 atom stereocenters. The fourth-order valence-corrected chi connectivity index (χ4v) is 2.40. The summed E-state index contributed by atoms with van der Waals surface area (Å²) >= 11 is 0. The molecular formula is C14H18N6O. The van der Waals surface area contributed by atoms with Crippen LogP contribution in [0.5, 0.6) is 0 Å². The third-order valence-corrected chi connectivity index (χ3v) is 3.37. The lowest BCUT2D eigenvalue weighted by Crippen LogP contribution is -2.24. The molecule has 1 unspecified atom stereocenters. The smallest absolute Gasteiger partial charge is 0.224 e. The van der Waals surface area contributed by atoms with Crippen LogP contribution in [0.15, 0.2) is 37.2 Å². The standard InChI is InChI=1S/C14H18N6O/c1-2-8-21-11-4-7-19(10-11)12-9-13(18-14(15)17-12)20-6-3-5-16-20/h2-3,5-6,9,11H,1,4,7-8,10H2,(H2,15,17,18). The first-order valence-corrected chi connectivity index (χ1v) is 6.88. The molecule has 1 aliphatic rings. The van der Waals surface area contributed by atoms with E-state index in [1.165, 1.54) is 0 Å². The van der Waals surface area contributed by atoms with E-state index in [2.05, 4.69) is 26.5 Å². The summed E-state index contributed by atoms with van der Waals surface area (Å²) < 4.78 is 7.35. The first-order chi connectivity index (χ1) is 10.3. The van der Waals surface area contributed by atoms with Crippen LogP contribution < -0.4 is 10.6 Å². The van der Waals surface area contributed by atoms with Gasteiger partial charge in [-0.05, 0) is 12.5 Å². The van der Waals surface area contributed by atoms with Gasteiger partial charge in [-0.25, -0.2) is 4.68 Å². The minimum absolute atomic E-state index is 0.201. The van der Waals surface area contributed by atoms with Crippen molar-refractivity contribution in [2.75, 3.05) is 30.3 Å². The lowest BCUT2D eigenvalue weighted by atomic mass is 10.3. The molecule has 21 heavy (non-hydrogen) atoms. The molecule has 2 aromatic rings. The molecule has 2 aromatic heterocycles. The van der Waals surface area contributed by atoms with Crippen LogP contribution in [0.1, 0.15) is 6.42 Å². The Morgan fingerprint density at radius 3 is 3.05 bits per heavy atom. The van der Waals surface area contributed by atoms with E-state index in [1.807, 2.05) is 18.3 Å². The van der Waals surface area contributed by atoms with Crippen LogP contribution in [-0.2, 0) is 4.74 Å². The minimum Gasteiger partial charge on any atom is -0.372 e. The quantitative estimate of drug-likeness (QED) is 0.827. The Bertz CT molecular complexity index is 612. The number of ether oxygens (including phenoxy) is 1. The Morgan fingerprint density at radius 1 is 1.43 bits per heavy atom. The van der Waals surface area contributed by atoms with Crippen LogP contribution >= 0.6 is 0 Å². The van der Waals surface area contributed by atoms with Crippen molar-refractivity contribution in [3.05, 3.63) is 37.2 Å². The van der Waals surface area contributed by atoms with Crippen LogP contribution in [0, 0.1) is 0 Å². The zero-order chi connectivity index (χ0) is 14.7. The second-order valence-electron chi connectivity index (χ2n) is 4.87. The van der Waals surface area contributed by atoms with Gasteiger partial charge in [0.1, 0.15) is 5.82 Å². The highest BCUT2D eigenvalue weighted by atomic mass is 16.5. The molecule has 1 saturated heterocycles. The van der Waals surface area contributed by atoms with Gasteiger partial charge in [0.2, 0.25) is 5.95 Å². The van der Waals surface area contributed by atoms with Crippen molar-refractivity contribution in [2.24, 2.45) is 0 Å². The minimum atomic E-state index is 0.201. The normalized spacial score (nSPS) is 18.1. The summed E-state index contributed by atoms with van der Waals surface area (Å²) in [7, 11) is 0. The largest absolute Gasteiger partial charge is 0.372 e. The molecule has 1 aliphatic heterocycles. The molecule has 7 heteroatoms. The first kappa shape index (κ1) is 13.6. The highest BCUT2D eigenvalue weighted by molar-refractivity contribution is 5.48. The zero-order valence-electron chi connectivity index (χ0n) is 11.7. The van der Waals surface area contributed by atoms with Gasteiger partial charge >= 0.3 is 0 Å². The van der Waals surface area contributed by atoms with Crippen molar-refractivity contribution in [1.82, 2.24) is 19.7 Å². The van der Waals surface area contributed by atoms with Gasteiger partial charge < -0.3 is 15.4 Å². The number of nitrogens with two attached hydrogens (primary N) is 1. The number of rotatable bonds is 5. The van der Waals surface area contributed by atoms with E-state index < -0.39 is 0 Å². The predicted octanol–water partition coefficient (Wildman–Crippen LogP) is 1.03. The maximum atomic E-state index is 5.81. The average Bonchev–Trinajstić information content (AvgIpc) is 3.16. The Kier molecular flexibility index (Phi) is 3.83. The van der Waals surface area contributed by atoms with Gasteiger partial charge in [-0.3, -0.25) is 0 Å². The van der Waals surface area contributed by atoms with Crippen molar-refractivity contribution in [1.29, 1.82) is 0 Å². The molecule has 3 rings (SSSR count). The Labute approximate surface area is 123 Å². The van der Waals surface area contributed by atoms with E-state index in [0.29, 0.717) is 12.4 Å². The number of nitrogen functional groups attached to an aromatic ring is 1. The number of hydrogen-bond acceptors (Lipinski definition) is 6. The summed E-state index contributed by atoms with van der Waals surface area (Å²) in [6, 6.07) is 3.73. The Morgan fingerprint density at radius 2 is 2.29 bits per heavy atom. The highest BCUT2D eigenvalue weighted by Gasteiger charge is 2.24. The molecule has 7 nitrogen and oxygen atoms in total. The van der Waals surface area contributed by atoms with Crippen molar-refractivity contribution >= 4 is 11.8 Å². The Balaban J connectivity index is 1.78. The Hall–Kier alpha value is -2.41. The fraction of sp³-hybridized carbons (Fsp3) is 0.357. The molecule has 2 N–H and O–H groups in total. The van der Waals surface area contributed by atoms with Crippen molar-refractivity contribution in [3.8, 4) is 5.82 Å². The molecule has 110 valence electrons. The van der Waals surface area contributed by atoms with E-state index in [-0.39, 0.29) is 12.1 Å². The summed E-state index contributed by atoms with van der Waals surface area (Å²) in [5.41, 5.74) is 5.81. The van der Waals surface area contributed by atoms with Crippen LogP contribution in [0.25, 0.3) is 5.82 Å². The number of hydrogen-bond donors (Lipinski definition) is 1. The van der Waals surface area contributed by atoms with E-state index in [1.54, 1.807) is 17.0 Å². The predicted molar refractivity (Wildman–Crippen MR) is 80.3 cm³/mol. The van der Waals surface area contributed by atoms with Gasteiger partial charge in [-0.15, -0.1) is 6.58 Å². The topological polar surface area (TPSA) is 82.1 Å². The van der Waals surface area contributed by atoms with E-state index in [9.17, 15) is 0 Å². The van der Waals surface area contributed by atoms with Gasteiger partial charge in [0.15, 0.2) is 5.82 Å². The van der Waals surface area contributed by atoms with Crippen LogP contribution in [-0.4, -0.2) is 45.5 Å². The van der Waals surface area contributed by atoms with Gasteiger partial charge in [-0.1, -0.05) is 6.08 Å². The monoisotopic (exact) mass is 286 g/mol. The average molecular weight is 286 g/mol. The summed E-state index contributed by atoms with van der Waals surface area (Å²) in [5, 5.41) is 4.17. The van der Waals surface area contributed by atoms with Crippen LogP contribution in [0.4, 0.5) is 11.8 Å². The molecule has 0 bridgehead atoms. The van der Waals surface area contributed by atoms with Gasteiger partial charge in [0, 0.05) is 31.5 Å². The third kappa shape index (κ3) is 3.03.